The van der Waals surface area contributed by atoms with Crippen LogP contribution in [0.5, 0.6) is 5.75 Å². The van der Waals surface area contributed by atoms with E-state index in [9.17, 15) is 14.7 Å². The van der Waals surface area contributed by atoms with E-state index in [2.05, 4.69) is 5.32 Å². The normalized spacial score (nSPS) is 12.1. The van der Waals surface area contributed by atoms with Crippen LogP contribution in [0.3, 0.4) is 0 Å². The van der Waals surface area contributed by atoms with E-state index in [0.29, 0.717) is 11.1 Å². The average molecular weight is 305 g/mol. The van der Waals surface area contributed by atoms with Crippen LogP contribution in [-0.2, 0) is 20.7 Å². The van der Waals surface area contributed by atoms with Crippen molar-refractivity contribution in [3.8, 4) is 5.75 Å². The lowest BCUT2D eigenvalue weighted by Gasteiger charge is -2.11. The van der Waals surface area contributed by atoms with Crippen LogP contribution >= 0.6 is 0 Å². The molecule has 2 aromatic rings. The van der Waals surface area contributed by atoms with E-state index >= 15 is 0 Å². The molecule has 1 aromatic heterocycles. The zero-order valence-electron chi connectivity index (χ0n) is 12.6. The number of carbonyl (C=O) groups is 2. The van der Waals surface area contributed by atoms with Gasteiger partial charge in [0.15, 0.2) is 6.61 Å². The lowest BCUT2D eigenvalue weighted by Crippen LogP contribution is -2.35. The molecule has 118 valence electrons. The van der Waals surface area contributed by atoms with E-state index in [1.807, 2.05) is 13.8 Å². The molecule has 0 fully saturated rings. The van der Waals surface area contributed by atoms with Crippen LogP contribution in [0, 0.1) is 0 Å². The number of phenolic OH excluding ortho intramolecular Hbond substituents is 1. The number of nitrogens with one attached hydrogen (secondary N) is 1. The van der Waals surface area contributed by atoms with Crippen molar-refractivity contribution >= 4 is 22.8 Å². The Labute approximate surface area is 128 Å². The summed E-state index contributed by atoms with van der Waals surface area (Å²) in [5, 5.41) is 12.8. The summed E-state index contributed by atoms with van der Waals surface area (Å²) in [5.41, 5.74) is 1.15. The van der Waals surface area contributed by atoms with Crippen molar-refractivity contribution in [1.29, 1.82) is 0 Å². The molecule has 0 bridgehead atoms. The fraction of sp³-hybridized carbons (Fsp3) is 0.375. The molecule has 0 spiro atoms. The van der Waals surface area contributed by atoms with Crippen molar-refractivity contribution in [2.75, 3.05) is 6.61 Å². The highest BCUT2D eigenvalue weighted by molar-refractivity contribution is 5.87. The van der Waals surface area contributed by atoms with Gasteiger partial charge in [0.05, 0.1) is 12.7 Å². The molecule has 0 unspecified atom stereocenters. The first kappa shape index (κ1) is 15.9. The van der Waals surface area contributed by atoms with Crippen LogP contribution in [0.2, 0.25) is 0 Å². The molecule has 0 saturated heterocycles. The first-order valence-electron chi connectivity index (χ1n) is 7.13. The van der Waals surface area contributed by atoms with Gasteiger partial charge in [-0.3, -0.25) is 9.59 Å². The van der Waals surface area contributed by atoms with E-state index in [-0.39, 0.29) is 30.7 Å². The van der Waals surface area contributed by atoms with Gasteiger partial charge in [0, 0.05) is 23.1 Å². The average Bonchev–Trinajstić information content (AvgIpc) is 2.87. The number of ether oxygens (including phenoxy) is 1. The SMILES string of the molecule is CC[C@H](C)NC(=O)COC(=O)Cc1coc2cc(O)ccc12. The quantitative estimate of drug-likeness (QED) is 0.798. The van der Waals surface area contributed by atoms with Crippen molar-refractivity contribution in [3.05, 3.63) is 30.0 Å². The zero-order valence-corrected chi connectivity index (χ0v) is 12.6. The summed E-state index contributed by atoms with van der Waals surface area (Å²) >= 11 is 0. The lowest BCUT2D eigenvalue weighted by molar-refractivity contribution is -0.148. The first-order chi connectivity index (χ1) is 10.5. The van der Waals surface area contributed by atoms with Crippen molar-refractivity contribution in [1.82, 2.24) is 5.32 Å². The van der Waals surface area contributed by atoms with E-state index in [4.69, 9.17) is 9.15 Å². The standard InChI is InChI=1S/C16H19NO5/c1-3-10(2)17-15(19)9-22-16(20)6-11-8-21-14-7-12(18)4-5-13(11)14/h4-5,7-8,10,18H,3,6,9H2,1-2H3,(H,17,19)/t10-/m0/s1. The number of furan rings is 1. The smallest absolute Gasteiger partial charge is 0.310 e. The number of aromatic hydroxyl groups is 1. The third kappa shape index (κ3) is 4.00. The van der Waals surface area contributed by atoms with E-state index in [1.54, 1.807) is 6.07 Å². The molecule has 0 radical (unpaired) electrons. The molecular formula is C16H19NO5. The van der Waals surface area contributed by atoms with Crippen LogP contribution in [0.15, 0.2) is 28.9 Å². The Hall–Kier alpha value is -2.50. The second kappa shape index (κ2) is 6.98. The minimum Gasteiger partial charge on any atom is -0.508 e. The molecule has 1 aromatic carbocycles. The Balaban J connectivity index is 1.90. The van der Waals surface area contributed by atoms with Crippen molar-refractivity contribution < 1.29 is 23.8 Å². The van der Waals surface area contributed by atoms with Crippen LogP contribution in [-0.4, -0.2) is 29.6 Å². The molecule has 1 atom stereocenters. The van der Waals surface area contributed by atoms with Crippen LogP contribution in [0.1, 0.15) is 25.8 Å². The fourth-order valence-corrected chi connectivity index (χ4v) is 1.98. The number of hydrogen-bond acceptors (Lipinski definition) is 5. The monoisotopic (exact) mass is 305 g/mol. The predicted molar refractivity (Wildman–Crippen MR) is 80.4 cm³/mol. The third-order valence-corrected chi connectivity index (χ3v) is 3.36. The van der Waals surface area contributed by atoms with Gasteiger partial charge in [0.25, 0.3) is 5.91 Å². The Morgan fingerprint density at radius 2 is 2.18 bits per heavy atom. The highest BCUT2D eigenvalue weighted by Gasteiger charge is 2.14. The molecule has 0 aliphatic heterocycles. The maximum atomic E-state index is 11.8. The Bertz CT molecular complexity index is 676. The summed E-state index contributed by atoms with van der Waals surface area (Å²) < 4.78 is 10.2. The third-order valence-electron chi connectivity index (χ3n) is 3.36. The molecule has 2 rings (SSSR count). The fourth-order valence-electron chi connectivity index (χ4n) is 1.98. The van der Waals surface area contributed by atoms with E-state index in [0.717, 1.165) is 11.8 Å². The maximum absolute atomic E-state index is 11.8. The molecular weight excluding hydrogens is 286 g/mol. The Kier molecular flexibility index (Phi) is 5.04. The molecule has 1 amide bonds. The predicted octanol–water partition coefficient (Wildman–Crippen LogP) is 2.14. The molecule has 0 saturated carbocycles. The van der Waals surface area contributed by atoms with E-state index in [1.165, 1.54) is 18.4 Å². The van der Waals surface area contributed by atoms with E-state index < -0.39 is 5.97 Å². The van der Waals surface area contributed by atoms with Gasteiger partial charge in [0.1, 0.15) is 11.3 Å². The molecule has 22 heavy (non-hydrogen) atoms. The number of benzene rings is 1. The highest BCUT2D eigenvalue weighted by Crippen LogP contribution is 2.25. The summed E-state index contributed by atoms with van der Waals surface area (Å²) in [6.07, 6.45) is 2.27. The van der Waals surface area contributed by atoms with Crippen molar-refractivity contribution in [3.63, 3.8) is 0 Å². The topological polar surface area (TPSA) is 88.8 Å². The molecule has 0 aliphatic carbocycles. The summed E-state index contributed by atoms with van der Waals surface area (Å²) in [6, 6.07) is 4.72. The van der Waals surface area contributed by atoms with Crippen molar-refractivity contribution in [2.45, 2.75) is 32.7 Å². The summed E-state index contributed by atoms with van der Waals surface area (Å²) in [7, 11) is 0. The number of esters is 1. The maximum Gasteiger partial charge on any atom is 0.310 e. The second-order valence-electron chi connectivity index (χ2n) is 5.16. The second-order valence-corrected chi connectivity index (χ2v) is 5.16. The van der Waals surface area contributed by atoms with Gasteiger partial charge in [-0.15, -0.1) is 0 Å². The lowest BCUT2D eigenvalue weighted by atomic mass is 10.1. The minimum absolute atomic E-state index is 0.00832. The van der Waals surface area contributed by atoms with Gasteiger partial charge in [-0.25, -0.2) is 0 Å². The number of hydrogen-bond donors (Lipinski definition) is 2. The van der Waals surface area contributed by atoms with Gasteiger partial charge in [-0.2, -0.15) is 0 Å². The summed E-state index contributed by atoms with van der Waals surface area (Å²) in [6.45, 7) is 3.55. The zero-order chi connectivity index (χ0) is 16.1. The van der Waals surface area contributed by atoms with Crippen LogP contribution in [0.25, 0.3) is 11.0 Å². The number of carbonyl (C=O) groups excluding carboxylic acids is 2. The largest absolute Gasteiger partial charge is 0.508 e. The van der Waals surface area contributed by atoms with Crippen molar-refractivity contribution in [2.24, 2.45) is 0 Å². The van der Waals surface area contributed by atoms with Gasteiger partial charge >= 0.3 is 5.97 Å². The van der Waals surface area contributed by atoms with Gasteiger partial charge in [0.2, 0.25) is 0 Å². The van der Waals surface area contributed by atoms with Crippen LogP contribution in [0.4, 0.5) is 0 Å². The first-order valence-corrected chi connectivity index (χ1v) is 7.13. The van der Waals surface area contributed by atoms with Gasteiger partial charge in [-0.1, -0.05) is 6.92 Å². The molecule has 6 nitrogen and oxygen atoms in total. The van der Waals surface area contributed by atoms with Gasteiger partial charge in [-0.05, 0) is 25.5 Å². The van der Waals surface area contributed by atoms with Gasteiger partial charge < -0.3 is 19.6 Å². The number of rotatable bonds is 6. The Morgan fingerprint density at radius 3 is 2.91 bits per heavy atom. The summed E-state index contributed by atoms with van der Waals surface area (Å²) in [5.74, 6) is -0.725. The minimum atomic E-state index is -0.505. The molecule has 2 N–H and O–H groups in total. The Morgan fingerprint density at radius 1 is 1.41 bits per heavy atom. The molecule has 0 aliphatic rings. The van der Waals surface area contributed by atoms with Crippen LogP contribution < -0.4 is 5.32 Å². The number of phenols is 1. The molecule has 6 heteroatoms. The number of fused-ring (bicyclic) bond motifs is 1. The highest BCUT2D eigenvalue weighted by atomic mass is 16.5. The number of amides is 1. The molecule has 1 heterocycles. The summed E-state index contributed by atoms with van der Waals surface area (Å²) in [4.78, 5) is 23.3.